The lowest BCUT2D eigenvalue weighted by Gasteiger charge is -2.37. The highest BCUT2D eigenvalue weighted by Crippen LogP contribution is 2.27. The summed E-state index contributed by atoms with van der Waals surface area (Å²) in [6, 6.07) is -0.337. The van der Waals surface area contributed by atoms with E-state index in [9.17, 15) is 9.59 Å². The molecule has 0 saturated heterocycles. The number of carbonyl (C=O) groups excluding carboxylic acids is 1. The second-order valence-corrected chi connectivity index (χ2v) is 5.76. The minimum absolute atomic E-state index is 0.00866. The molecule has 1 N–H and O–H groups in total. The Kier molecular flexibility index (Phi) is 5.79. The van der Waals surface area contributed by atoms with E-state index in [1.165, 1.54) is 19.3 Å². The summed E-state index contributed by atoms with van der Waals surface area (Å²) in [6.07, 6.45) is 4.65. The molecular formula is C14H26N2O3. The number of carboxylic acids is 1. The topological polar surface area (TPSA) is 60.9 Å². The third-order valence-corrected chi connectivity index (χ3v) is 4.36. The fraction of sp³-hybridized carbons (Fsp3) is 0.857. The highest BCUT2D eigenvalue weighted by Gasteiger charge is 2.29. The monoisotopic (exact) mass is 270 g/mol. The molecule has 0 heterocycles. The van der Waals surface area contributed by atoms with E-state index >= 15 is 0 Å². The van der Waals surface area contributed by atoms with Crippen molar-refractivity contribution in [3.63, 3.8) is 0 Å². The van der Waals surface area contributed by atoms with Crippen LogP contribution in [-0.4, -0.2) is 59.5 Å². The zero-order valence-corrected chi connectivity index (χ0v) is 12.4. The molecule has 0 bridgehead atoms. The zero-order chi connectivity index (χ0) is 14.6. The average Bonchev–Trinajstić information content (AvgIpc) is 2.37. The first-order valence-corrected chi connectivity index (χ1v) is 7.03. The number of carboxylic acid groups (broad SMARTS) is 1. The van der Waals surface area contributed by atoms with Crippen LogP contribution in [-0.2, 0) is 9.59 Å². The fourth-order valence-corrected chi connectivity index (χ4v) is 2.71. The molecule has 0 spiro atoms. The summed E-state index contributed by atoms with van der Waals surface area (Å²) in [7, 11) is 3.52. The number of amides is 1. The second-order valence-electron chi connectivity index (χ2n) is 5.76. The van der Waals surface area contributed by atoms with E-state index in [0.717, 1.165) is 6.42 Å². The zero-order valence-electron chi connectivity index (χ0n) is 12.4. The van der Waals surface area contributed by atoms with Gasteiger partial charge in [-0.1, -0.05) is 19.8 Å². The summed E-state index contributed by atoms with van der Waals surface area (Å²) in [4.78, 5) is 26.5. The molecule has 5 nitrogen and oxygen atoms in total. The van der Waals surface area contributed by atoms with Gasteiger partial charge in [0.25, 0.3) is 0 Å². The SMILES string of the molecule is CC1CCCCC1N(C)C(=O)CN(C)C(C)C(=O)O. The van der Waals surface area contributed by atoms with Crippen LogP contribution in [0.25, 0.3) is 0 Å². The summed E-state index contributed by atoms with van der Waals surface area (Å²) < 4.78 is 0. The van der Waals surface area contributed by atoms with E-state index in [0.29, 0.717) is 12.0 Å². The Labute approximate surface area is 115 Å². The molecule has 0 aliphatic heterocycles. The van der Waals surface area contributed by atoms with Gasteiger partial charge in [0.15, 0.2) is 0 Å². The van der Waals surface area contributed by atoms with Gasteiger partial charge >= 0.3 is 5.97 Å². The van der Waals surface area contributed by atoms with Crippen molar-refractivity contribution in [1.29, 1.82) is 0 Å². The van der Waals surface area contributed by atoms with Gasteiger partial charge in [0.2, 0.25) is 5.91 Å². The lowest BCUT2D eigenvalue weighted by atomic mass is 9.85. The first kappa shape index (κ1) is 16.0. The van der Waals surface area contributed by atoms with Crippen LogP contribution < -0.4 is 0 Å². The number of likely N-dealkylation sites (N-methyl/N-ethyl adjacent to an activating group) is 2. The molecule has 1 saturated carbocycles. The number of hydrogen-bond acceptors (Lipinski definition) is 3. The molecular weight excluding hydrogens is 244 g/mol. The normalized spacial score (nSPS) is 25.1. The van der Waals surface area contributed by atoms with E-state index in [4.69, 9.17) is 5.11 Å². The number of aliphatic carboxylic acids is 1. The van der Waals surface area contributed by atoms with Gasteiger partial charge in [-0.05, 0) is 32.7 Å². The van der Waals surface area contributed by atoms with Crippen molar-refractivity contribution in [2.24, 2.45) is 5.92 Å². The maximum absolute atomic E-state index is 12.2. The van der Waals surface area contributed by atoms with Crippen LogP contribution >= 0.6 is 0 Å². The van der Waals surface area contributed by atoms with Crippen molar-refractivity contribution in [3.05, 3.63) is 0 Å². The molecule has 5 heteroatoms. The molecule has 0 aromatic carbocycles. The molecule has 0 aromatic heterocycles. The minimum Gasteiger partial charge on any atom is -0.480 e. The average molecular weight is 270 g/mol. The van der Waals surface area contributed by atoms with E-state index in [2.05, 4.69) is 6.92 Å². The van der Waals surface area contributed by atoms with Crippen LogP contribution in [0, 0.1) is 5.92 Å². The molecule has 1 rings (SSSR count). The van der Waals surface area contributed by atoms with Crippen molar-refractivity contribution in [1.82, 2.24) is 9.80 Å². The van der Waals surface area contributed by atoms with Gasteiger partial charge in [0.05, 0.1) is 6.54 Å². The number of hydrogen-bond donors (Lipinski definition) is 1. The first-order valence-electron chi connectivity index (χ1n) is 7.03. The maximum atomic E-state index is 12.2. The highest BCUT2D eigenvalue weighted by atomic mass is 16.4. The van der Waals surface area contributed by atoms with Crippen LogP contribution in [0.4, 0.5) is 0 Å². The standard InChI is InChI=1S/C14H26N2O3/c1-10-7-5-6-8-12(10)16(4)13(17)9-15(3)11(2)14(18)19/h10-12H,5-9H2,1-4H3,(H,18,19). The second kappa shape index (κ2) is 6.89. The van der Waals surface area contributed by atoms with Crippen molar-refractivity contribution in [2.45, 2.75) is 51.6 Å². The molecule has 1 amide bonds. The highest BCUT2D eigenvalue weighted by molar-refractivity contribution is 5.80. The van der Waals surface area contributed by atoms with Crippen LogP contribution in [0.15, 0.2) is 0 Å². The predicted molar refractivity (Wildman–Crippen MR) is 73.9 cm³/mol. The van der Waals surface area contributed by atoms with Gasteiger partial charge < -0.3 is 10.0 Å². The van der Waals surface area contributed by atoms with Crippen LogP contribution in [0.5, 0.6) is 0 Å². The molecule has 110 valence electrons. The van der Waals surface area contributed by atoms with Gasteiger partial charge in [-0.25, -0.2) is 0 Å². The van der Waals surface area contributed by atoms with E-state index in [1.807, 2.05) is 11.9 Å². The van der Waals surface area contributed by atoms with Crippen LogP contribution in [0.3, 0.4) is 0 Å². The molecule has 19 heavy (non-hydrogen) atoms. The Morgan fingerprint density at radius 2 is 1.84 bits per heavy atom. The van der Waals surface area contributed by atoms with E-state index < -0.39 is 12.0 Å². The molecule has 3 atom stereocenters. The summed E-state index contributed by atoms with van der Waals surface area (Å²) in [6.45, 7) is 3.95. The van der Waals surface area contributed by atoms with Gasteiger partial charge in [-0.15, -0.1) is 0 Å². The lowest BCUT2D eigenvalue weighted by Crippen LogP contribution is -2.48. The number of carbonyl (C=O) groups is 2. The van der Waals surface area contributed by atoms with Crippen molar-refractivity contribution < 1.29 is 14.7 Å². The van der Waals surface area contributed by atoms with Crippen LogP contribution in [0.2, 0.25) is 0 Å². The van der Waals surface area contributed by atoms with Gasteiger partial charge in [-0.2, -0.15) is 0 Å². The third-order valence-electron chi connectivity index (χ3n) is 4.36. The summed E-state index contributed by atoms with van der Waals surface area (Å²) in [5.41, 5.74) is 0. The van der Waals surface area contributed by atoms with Gasteiger partial charge in [0, 0.05) is 13.1 Å². The van der Waals surface area contributed by atoms with Crippen LogP contribution in [0.1, 0.15) is 39.5 Å². The Balaban J connectivity index is 2.54. The molecule has 0 aromatic rings. The molecule has 0 radical (unpaired) electrons. The Morgan fingerprint density at radius 1 is 1.26 bits per heavy atom. The van der Waals surface area contributed by atoms with Crippen molar-refractivity contribution in [2.75, 3.05) is 20.6 Å². The summed E-state index contributed by atoms with van der Waals surface area (Å²) in [5, 5.41) is 8.93. The largest absolute Gasteiger partial charge is 0.480 e. The van der Waals surface area contributed by atoms with Gasteiger partial charge in [0.1, 0.15) is 6.04 Å². The van der Waals surface area contributed by atoms with Crippen molar-refractivity contribution in [3.8, 4) is 0 Å². The number of nitrogens with zero attached hydrogens (tertiary/aromatic N) is 2. The lowest BCUT2D eigenvalue weighted by molar-refractivity contribution is -0.143. The number of rotatable bonds is 5. The van der Waals surface area contributed by atoms with E-state index in [1.54, 1.807) is 18.9 Å². The minimum atomic E-state index is -0.899. The Morgan fingerprint density at radius 3 is 2.37 bits per heavy atom. The first-order chi connectivity index (χ1) is 8.84. The quantitative estimate of drug-likeness (QED) is 0.821. The fourth-order valence-electron chi connectivity index (χ4n) is 2.71. The maximum Gasteiger partial charge on any atom is 0.320 e. The van der Waals surface area contributed by atoms with Gasteiger partial charge in [-0.3, -0.25) is 14.5 Å². The van der Waals surface area contributed by atoms with E-state index in [-0.39, 0.29) is 12.5 Å². The smallest absolute Gasteiger partial charge is 0.320 e. The summed E-state index contributed by atoms with van der Waals surface area (Å²) in [5.74, 6) is -0.358. The Bertz CT molecular complexity index is 333. The third kappa shape index (κ3) is 4.20. The summed E-state index contributed by atoms with van der Waals surface area (Å²) >= 11 is 0. The molecule has 1 aliphatic carbocycles. The predicted octanol–water partition coefficient (Wildman–Crippen LogP) is 1.43. The molecule has 3 unspecified atom stereocenters. The Hall–Kier alpha value is -1.10. The molecule has 1 aliphatic rings. The molecule has 1 fully saturated rings. The van der Waals surface area contributed by atoms with Crippen molar-refractivity contribution >= 4 is 11.9 Å².